The minimum atomic E-state index is 0.665. The van der Waals surface area contributed by atoms with E-state index in [-0.39, 0.29) is 0 Å². The maximum atomic E-state index is 5.26. The number of thiophene rings is 1. The molecule has 0 bridgehead atoms. The van der Waals surface area contributed by atoms with Crippen molar-refractivity contribution in [2.75, 3.05) is 0 Å². The highest BCUT2D eigenvalue weighted by Gasteiger charge is 2.19. The van der Waals surface area contributed by atoms with Crippen molar-refractivity contribution >= 4 is 74.6 Å². The van der Waals surface area contributed by atoms with Gasteiger partial charge in [0.1, 0.15) is 0 Å². The molecule has 2 aromatic heterocycles. The highest BCUT2D eigenvalue weighted by atomic mass is 32.1. The van der Waals surface area contributed by atoms with E-state index in [2.05, 4.69) is 133 Å². The van der Waals surface area contributed by atoms with Crippen LogP contribution in [-0.2, 0) is 0 Å². The molecule has 3 nitrogen and oxygen atoms in total. The van der Waals surface area contributed by atoms with E-state index in [1.165, 1.54) is 52.5 Å². The molecule has 0 N–H and O–H groups in total. The van der Waals surface area contributed by atoms with Gasteiger partial charge in [-0.2, -0.15) is 0 Å². The van der Waals surface area contributed by atoms with Gasteiger partial charge in [0.25, 0.3) is 0 Å². The zero-order valence-electron chi connectivity index (χ0n) is 25.2. The van der Waals surface area contributed by atoms with Crippen molar-refractivity contribution in [3.63, 3.8) is 0 Å². The average Bonchev–Trinajstić information content (AvgIpc) is 3.53. The van der Waals surface area contributed by atoms with Gasteiger partial charge in [-0.15, -0.1) is 11.3 Å². The van der Waals surface area contributed by atoms with Gasteiger partial charge in [0.15, 0.2) is 17.5 Å². The predicted octanol–water partition coefficient (Wildman–Crippen LogP) is 11.9. The average molecular weight is 616 g/mol. The lowest BCUT2D eigenvalue weighted by atomic mass is 9.92. The van der Waals surface area contributed by atoms with Gasteiger partial charge in [0.05, 0.1) is 0 Å². The van der Waals surface area contributed by atoms with E-state index in [9.17, 15) is 0 Å². The Morgan fingerprint density at radius 2 is 0.915 bits per heavy atom. The molecular formula is C43H25N3S. The molecule has 0 saturated carbocycles. The first-order chi connectivity index (χ1) is 23.3. The second kappa shape index (κ2) is 10.3. The summed E-state index contributed by atoms with van der Waals surface area (Å²) in [5.74, 6) is 2.02. The first kappa shape index (κ1) is 26.3. The van der Waals surface area contributed by atoms with E-state index in [0.29, 0.717) is 17.5 Å². The number of nitrogens with zero attached hydrogens (tertiary/aromatic N) is 3. The van der Waals surface area contributed by atoms with Crippen LogP contribution in [0.5, 0.6) is 0 Å². The molecule has 0 amide bonds. The third-order valence-corrected chi connectivity index (χ3v) is 10.5. The lowest BCUT2D eigenvalue weighted by molar-refractivity contribution is 1.08. The molecule has 0 unspecified atom stereocenters. The molecule has 0 radical (unpaired) electrons. The van der Waals surface area contributed by atoms with Crippen LogP contribution in [0.1, 0.15) is 0 Å². The maximum Gasteiger partial charge on any atom is 0.165 e. The summed E-state index contributed by atoms with van der Waals surface area (Å²) in [4.78, 5) is 15.5. The molecular weight excluding hydrogens is 591 g/mol. The van der Waals surface area contributed by atoms with Crippen LogP contribution in [0.3, 0.4) is 0 Å². The van der Waals surface area contributed by atoms with Crippen molar-refractivity contribution in [3.05, 3.63) is 152 Å². The Kier molecular flexibility index (Phi) is 5.74. The molecule has 0 atom stereocenters. The van der Waals surface area contributed by atoms with Gasteiger partial charge >= 0.3 is 0 Å². The Morgan fingerprint density at radius 3 is 1.81 bits per heavy atom. The molecule has 2 heterocycles. The lowest BCUT2D eigenvalue weighted by Crippen LogP contribution is -2.00. The number of rotatable bonds is 3. The predicted molar refractivity (Wildman–Crippen MR) is 199 cm³/mol. The summed E-state index contributed by atoms with van der Waals surface area (Å²) >= 11 is 1.79. The van der Waals surface area contributed by atoms with Crippen molar-refractivity contribution < 1.29 is 0 Å². The third kappa shape index (κ3) is 4.09. The summed E-state index contributed by atoms with van der Waals surface area (Å²) in [7, 11) is 0. The molecule has 4 heteroatoms. The van der Waals surface area contributed by atoms with Gasteiger partial charge in [-0.1, -0.05) is 140 Å². The molecule has 10 aromatic rings. The Bertz CT molecular complexity index is 2850. The van der Waals surface area contributed by atoms with Gasteiger partial charge < -0.3 is 0 Å². The van der Waals surface area contributed by atoms with Gasteiger partial charge in [-0.3, -0.25) is 0 Å². The highest BCUT2D eigenvalue weighted by Crippen LogP contribution is 2.41. The number of aromatic nitrogens is 3. The SMILES string of the molecule is c1ccc(-c2nc(-c3cccc4c3sc3ccccc34)nc(-c3cccc4ccc5c6ccc7ccccc7c6ccc5c34)n2)cc1. The zero-order valence-corrected chi connectivity index (χ0v) is 26.0. The summed E-state index contributed by atoms with van der Waals surface area (Å²) < 4.78 is 2.44. The molecule has 0 fully saturated rings. The van der Waals surface area contributed by atoms with Crippen LogP contribution in [0.25, 0.3) is 97.4 Å². The van der Waals surface area contributed by atoms with Gasteiger partial charge in [0, 0.05) is 42.2 Å². The number of fused-ring (bicyclic) bond motifs is 10. The normalized spacial score (nSPS) is 11.8. The molecule has 0 aliphatic carbocycles. The molecule has 0 saturated heterocycles. The molecule has 0 aliphatic heterocycles. The number of hydrogen-bond donors (Lipinski definition) is 0. The number of benzene rings is 8. The topological polar surface area (TPSA) is 38.7 Å². The Morgan fingerprint density at radius 1 is 0.340 bits per heavy atom. The van der Waals surface area contributed by atoms with E-state index in [4.69, 9.17) is 15.0 Å². The van der Waals surface area contributed by atoms with E-state index < -0.39 is 0 Å². The van der Waals surface area contributed by atoms with E-state index in [1.807, 2.05) is 18.2 Å². The minimum Gasteiger partial charge on any atom is -0.208 e. The maximum absolute atomic E-state index is 5.26. The van der Waals surface area contributed by atoms with Crippen LogP contribution < -0.4 is 0 Å². The van der Waals surface area contributed by atoms with Gasteiger partial charge in [0.2, 0.25) is 0 Å². The monoisotopic (exact) mass is 615 g/mol. The van der Waals surface area contributed by atoms with Crippen LogP contribution in [0, 0.1) is 0 Å². The van der Waals surface area contributed by atoms with Crippen molar-refractivity contribution in [2.24, 2.45) is 0 Å². The second-order valence-corrected chi connectivity index (χ2v) is 13.0. The molecule has 218 valence electrons. The molecule has 47 heavy (non-hydrogen) atoms. The fraction of sp³-hybridized carbons (Fsp3) is 0. The third-order valence-electron chi connectivity index (χ3n) is 9.32. The Labute approximate surface area is 274 Å². The second-order valence-electron chi connectivity index (χ2n) is 12.0. The Balaban J connectivity index is 1.27. The van der Waals surface area contributed by atoms with Crippen LogP contribution in [-0.4, -0.2) is 15.0 Å². The van der Waals surface area contributed by atoms with Crippen molar-refractivity contribution in [1.82, 2.24) is 15.0 Å². The van der Waals surface area contributed by atoms with Crippen LogP contribution in [0.2, 0.25) is 0 Å². The fourth-order valence-corrected chi connectivity index (χ4v) is 8.35. The van der Waals surface area contributed by atoms with Crippen LogP contribution >= 0.6 is 11.3 Å². The summed E-state index contributed by atoms with van der Waals surface area (Å²) in [6.45, 7) is 0. The van der Waals surface area contributed by atoms with Crippen molar-refractivity contribution in [1.29, 1.82) is 0 Å². The molecule has 10 rings (SSSR count). The largest absolute Gasteiger partial charge is 0.208 e. The first-order valence-electron chi connectivity index (χ1n) is 15.8. The van der Waals surface area contributed by atoms with Gasteiger partial charge in [-0.05, 0) is 49.8 Å². The summed E-state index contributed by atoms with van der Waals surface area (Å²) in [6.07, 6.45) is 0. The van der Waals surface area contributed by atoms with E-state index >= 15 is 0 Å². The summed E-state index contributed by atoms with van der Waals surface area (Å²) in [5, 5.41) is 12.2. The van der Waals surface area contributed by atoms with Crippen LogP contribution in [0.4, 0.5) is 0 Å². The van der Waals surface area contributed by atoms with Crippen molar-refractivity contribution in [3.8, 4) is 34.2 Å². The molecule has 0 spiro atoms. The zero-order chi connectivity index (χ0) is 30.9. The molecule has 8 aromatic carbocycles. The fourth-order valence-electron chi connectivity index (χ4n) is 7.13. The highest BCUT2D eigenvalue weighted by molar-refractivity contribution is 7.26. The minimum absolute atomic E-state index is 0.665. The molecule has 0 aliphatic rings. The van der Waals surface area contributed by atoms with Crippen LogP contribution in [0.15, 0.2) is 152 Å². The Hall–Kier alpha value is -5.97. The summed E-state index contributed by atoms with van der Waals surface area (Å²) in [5.41, 5.74) is 2.98. The summed E-state index contributed by atoms with van der Waals surface area (Å²) in [6, 6.07) is 53.8. The van der Waals surface area contributed by atoms with Crippen molar-refractivity contribution in [2.45, 2.75) is 0 Å². The lowest BCUT2D eigenvalue weighted by Gasteiger charge is -2.14. The van der Waals surface area contributed by atoms with Gasteiger partial charge in [-0.25, -0.2) is 15.0 Å². The number of hydrogen-bond acceptors (Lipinski definition) is 4. The smallest absolute Gasteiger partial charge is 0.165 e. The van der Waals surface area contributed by atoms with E-state index in [0.717, 1.165) is 27.5 Å². The first-order valence-corrected chi connectivity index (χ1v) is 16.6. The quantitative estimate of drug-likeness (QED) is 0.186. The van der Waals surface area contributed by atoms with E-state index in [1.54, 1.807) is 11.3 Å². The standard InChI is InChI=1S/C43H25N3S/c1-2-11-28(12-3-1)41-44-42(46-43(45-41)37-18-9-16-35-33-15-6-7-19-38(33)47-40(35)37)36-17-8-13-27-21-23-32-31-22-20-26-10-4-5-14-29(26)30(31)24-25-34(32)39(27)36/h1-25H.